The maximum Gasteiger partial charge on any atom is 0.272 e. The van der Waals surface area contributed by atoms with E-state index in [1.807, 2.05) is 26.0 Å². The fraction of sp³-hybridized carbons (Fsp3) is 0.200. The predicted octanol–water partition coefficient (Wildman–Crippen LogP) is 2.48. The molecule has 6 nitrogen and oxygen atoms in total. The minimum Gasteiger partial charge on any atom is -0.347 e. The van der Waals surface area contributed by atoms with Gasteiger partial charge in [-0.3, -0.25) is 14.9 Å². The summed E-state index contributed by atoms with van der Waals surface area (Å²) in [4.78, 5) is 21.5. The molecule has 22 heavy (non-hydrogen) atoms. The second kappa shape index (κ2) is 6.07. The van der Waals surface area contributed by atoms with Gasteiger partial charge in [-0.15, -0.1) is 11.3 Å². The van der Waals surface area contributed by atoms with Crippen molar-refractivity contribution in [1.29, 1.82) is 0 Å². The molecule has 3 rings (SSSR count). The molecule has 3 heterocycles. The van der Waals surface area contributed by atoms with E-state index in [0.717, 1.165) is 26.8 Å². The molecular weight excluding hydrogens is 298 g/mol. The number of carbonyl (C=O) groups is 1. The molecule has 0 radical (unpaired) electrons. The smallest absolute Gasteiger partial charge is 0.272 e. The van der Waals surface area contributed by atoms with Gasteiger partial charge in [0.25, 0.3) is 5.91 Å². The van der Waals surface area contributed by atoms with Crippen LogP contribution in [-0.2, 0) is 6.54 Å². The maximum atomic E-state index is 12.1. The summed E-state index contributed by atoms with van der Waals surface area (Å²) in [5.41, 5.74) is 3.06. The first-order valence-electron chi connectivity index (χ1n) is 6.80. The molecule has 0 atom stereocenters. The third-order valence-electron chi connectivity index (χ3n) is 3.13. The van der Waals surface area contributed by atoms with Crippen molar-refractivity contribution in [3.8, 4) is 10.6 Å². The first-order chi connectivity index (χ1) is 10.6. The molecular formula is C15H15N5OS. The highest BCUT2D eigenvalue weighted by molar-refractivity contribution is 7.15. The molecule has 3 aromatic heterocycles. The summed E-state index contributed by atoms with van der Waals surface area (Å²) in [5, 5.41) is 10.8. The van der Waals surface area contributed by atoms with Crippen molar-refractivity contribution in [3.63, 3.8) is 0 Å². The van der Waals surface area contributed by atoms with Crippen molar-refractivity contribution >= 4 is 17.2 Å². The van der Waals surface area contributed by atoms with Gasteiger partial charge >= 0.3 is 0 Å². The summed E-state index contributed by atoms with van der Waals surface area (Å²) in [6.45, 7) is 4.33. The Bertz CT molecular complexity index is 793. The summed E-state index contributed by atoms with van der Waals surface area (Å²) >= 11 is 1.58. The third-order valence-corrected chi connectivity index (χ3v) is 4.24. The number of rotatable bonds is 4. The Balaban J connectivity index is 1.71. The van der Waals surface area contributed by atoms with Crippen LogP contribution in [0, 0.1) is 13.8 Å². The van der Waals surface area contributed by atoms with Gasteiger partial charge in [0.2, 0.25) is 0 Å². The lowest BCUT2D eigenvalue weighted by Gasteiger charge is -2.02. The summed E-state index contributed by atoms with van der Waals surface area (Å²) < 4.78 is 0. The number of carbonyl (C=O) groups excluding carboxylic acids is 1. The fourth-order valence-corrected chi connectivity index (χ4v) is 3.00. The zero-order chi connectivity index (χ0) is 15.5. The van der Waals surface area contributed by atoms with Crippen molar-refractivity contribution in [3.05, 3.63) is 52.6 Å². The fourth-order valence-electron chi connectivity index (χ4n) is 2.11. The van der Waals surface area contributed by atoms with Gasteiger partial charge in [0.15, 0.2) is 5.69 Å². The van der Waals surface area contributed by atoms with Crippen LogP contribution in [0.3, 0.4) is 0 Å². The topological polar surface area (TPSA) is 83.6 Å². The van der Waals surface area contributed by atoms with Crippen molar-refractivity contribution in [2.45, 2.75) is 20.4 Å². The number of hydrogen-bond donors (Lipinski definition) is 2. The van der Waals surface area contributed by atoms with Gasteiger partial charge in [0, 0.05) is 18.9 Å². The second-order valence-corrected chi connectivity index (χ2v) is 6.06. The number of pyridine rings is 1. The van der Waals surface area contributed by atoms with Gasteiger partial charge in [0.1, 0.15) is 0 Å². The zero-order valence-electron chi connectivity index (χ0n) is 12.3. The second-order valence-electron chi connectivity index (χ2n) is 4.86. The number of aryl methyl sites for hydroxylation is 2. The Labute approximate surface area is 131 Å². The number of aromatic amines is 1. The number of hydrogen-bond acceptors (Lipinski definition) is 5. The van der Waals surface area contributed by atoms with Crippen molar-refractivity contribution < 1.29 is 4.79 Å². The summed E-state index contributed by atoms with van der Waals surface area (Å²) in [6, 6.07) is 5.49. The number of amides is 1. The SMILES string of the molecule is Cc1nc(C)c(-c2cc(C(=O)NCc3cccnc3)n[nH]2)s1. The summed E-state index contributed by atoms with van der Waals surface area (Å²) in [6.07, 6.45) is 3.42. The Morgan fingerprint density at radius 1 is 1.41 bits per heavy atom. The molecule has 3 aromatic rings. The average molecular weight is 313 g/mol. The van der Waals surface area contributed by atoms with E-state index < -0.39 is 0 Å². The van der Waals surface area contributed by atoms with E-state index in [4.69, 9.17) is 0 Å². The Morgan fingerprint density at radius 3 is 2.95 bits per heavy atom. The molecule has 1 amide bonds. The zero-order valence-corrected chi connectivity index (χ0v) is 13.1. The van der Waals surface area contributed by atoms with Gasteiger partial charge in [-0.05, 0) is 31.5 Å². The first kappa shape index (κ1) is 14.4. The molecule has 112 valence electrons. The van der Waals surface area contributed by atoms with E-state index in [9.17, 15) is 4.79 Å². The van der Waals surface area contributed by atoms with Crippen LogP contribution in [0.5, 0.6) is 0 Å². The lowest BCUT2D eigenvalue weighted by Crippen LogP contribution is -2.23. The van der Waals surface area contributed by atoms with Crippen LogP contribution in [0.1, 0.15) is 26.8 Å². The molecule has 7 heteroatoms. The maximum absolute atomic E-state index is 12.1. The highest BCUT2D eigenvalue weighted by Gasteiger charge is 2.14. The van der Waals surface area contributed by atoms with Crippen LogP contribution >= 0.6 is 11.3 Å². The molecule has 0 unspecified atom stereocenters. The lowest BCUT2D eigenvalue weighted by atomic mass is 10.2. The lowest BCUT2D eigenvalue weighted by molar-refractivity contribution is 0.0946. The number of aromatic nitrogens is 4. The van der Waals surface area contributed by atoms with Crippen molar-refractivity contribution in [2.24, 2.45) is 0 Å². The highest BCUT2D eigenvalue weighted by atomic mass is 32.1. The Kier molecular flexibility index (Phi) is 3.97. The van der Waals surface area contributed by atoms with Gasteiger partial charge in [-0.2, -0.15) is 5.10 Å². The molecule has 0 saturated carbocycles. The standard InChI is InChI=1S/C15H15N5OS/c1-9-14(22-10(2)18-9)12-6-13(20-19-12)15(21)17-8-11-4-3-5-16-7-11/h3-7H,8H2,1-2H3,(H,17,21)(H,19,20). The molecule has 0 aromatic carbocycles. The van der Waals surface area contributed by atoms with E-state index in [-0.39, 0.29) is 5.91 Å². The van der Waals surface area contributed by atoms with Crippen LogP contribution in [0.25, 0.3) is 10.6 Å². The van der Waals surface area contributed by atoms with Crippen LogP contribution in [0.4, 0.5) is 0 Å². The largest absolute Gasteiger partial charge is 0.347 e. The Hall–Kier alpha value is -2.54. The first-order valence-corrected chi connectivity index (χ1v) is 7.62. The van der Waals surface area contributed by atoms with Gasteiger partial charge < -0.3 is 5.32 Å². The molecule has 0 fully saturated rings. The predicted molar refractivity (Wildman–Crippen MR) is 84.6 cm³/mol. The van der Waals surface area contributed by atoms with Crippen LogP contribution in [0.15, 0.2) is 30.6 Å². The highest BCUT2D eigenvalue weighted by Crippen LogP contribution is 2.28. The molecule has 2 N–H and O–H groups in total. The van der Waals surface area contributed by atoms with Crippen LogP contribution < -0.4 is 5.32 Å². The molecule has 0 aliphatic heterocycles. The van der Waals surface area contributed by atoms with Gasteiger partial charge in [-0.1, -0.05) is 6.07 Å². The third kappa shape index (κ3) is 3.04. The molecule has 0 bridgehead atoms. The molecule has 0 spiro atoms. The monoisotopic (exact) mass is 313 g/mol. The van der Waals surface area contributed by atoms with Crippen LogP contribution in [-0.4, -0.2) is 26.1 Å². The number of nitrogens with one attached hydrogen (secondary N) is 2. The van der Waals surface area contributed by atoms with E-state index in [0.29, 0.717) is 12.2 Å². The quantitative estimate of drug-likeness (QED) is 0.775. The van der Waals surface area contributed by atoms with E-state index >= 15 is 0 Å². The number of nitrogens with zero attached hydrogens (tertiary/aromatic N) is 3. The summed E-state index contributed by atoms with van der Waals surface area (Å²) in [5.74, 6) is -0.217. The van der Waals surface area contributed by atoms with Crippen molar-refractivity contribution in [2.75, 3.05) is 0 Å². The van der Waals surface area contributed by atoms with Gasteiger partial charge in [-0.25, -0.2) is 4.98 Å². The average Bonchev–Trinajstić information content (AvgIpc) is 3.12. The minimum atomic E-state index is -0.217. The summed E-state index contributed by atoms with van der Waals surface area (Å²) in [7, 11) is 0. The van der Waals surface area contributed by atoms with Crippen molar-refractivity contribution in [1.82, 2.24) is 25.5 Å². The van der Waals surface area contributed by atoms with Gasteiger partial charge in [0.05, 0.1) is 21.3 Å². The molecule has 0 saturated heterocycles. The Morgan fingerprint density at radius 2 is 2.27 bits per heavy atom. The number of thiazole rings is 1. The van der Waals surface area contributed by atoms with Crippen LogP contribution in [0.2, 0.25) is 0 Å². The normalized spacial score (nSPS) is 10.6. The minimum absolute atomic E-state index is 0.217. The molecule has 0 aliphatic rings. The van der Waals surface area contributed by atoms with E-state index in [1.165, 1.54) is 0 Å². The van der Waals surface area contributed by atoms with E-state index in [1.54, 1.807) is 29.8 Å². The van der Waals surface area contributed by atoms with E-state index in [2.05, 4.69) is 25.5 Å². The number of H-pyrrole nitrogens is 1. The molecule has 0 aliphatic carbocycles.